The van der Waals surface area contributed by atoms with Crippen molar-refractivity contribution in [1.29, 1.82) is 0 Å². The normalized spacial score (nSPS) is 17.3. The van der Waals surface area contributed by atoms with Crippen LogP contribution in [-0.2, 0) is 22.6 Å². The van der Waals surface area contributed by atoms with E-state index in [4.69, 9.17) is 4.74 Å². The Kier molecular flexibility index (Phi) is 5.49. The van der Waals surface area contributed by atoms with Crippen LogP contribution in [0.5, 0.6) is 0 Å². The van der Waals surface area contributed by atoms with Crippen molar-refractivity contribution >= 4 is 11.6 Å². The molecule has 5 heteroatoms. The van der Waals surface area contributed by atoms with Gasteiger partial charge in [-0.1, -0.05) is 36.4 Å². The molecule has 0 N–H and O–H groups in total. The van der Waals surface area contributed by atoms with Crippen LogP contribution in [0.25, 0.3) is 5.65 Å². The minimum Gasteiger partial charge on any atom is -0.372 e. The molecule has 1 fully saturated rings. The molecule has 2 aromatic heterocycles. The summed E-state index contributed by atoms with van der Waals surface area (Å²) < 4.78 is 8.04. The summed E-state index contributed by atoms with van der Waals surface area (Å²) in [4.78, 5) is 19.2. The highest BCUT2D eigenvalue weighted by atomic mass is 16.5. The number of piperidine rings is 1. The second kappa shape index (κ2) is 8.35. The van der Waals surface area contributed by atoms with Gasteiger partial charge in [-0.15, -0.1) is 0 Å². The molecule has 0 saturated carbocycles. The number of hydrogen-bond donors (Lipinski definition) is 0. The molecule has 3 heterocycles. The molecule has 1 aliphatic rings. The average molecular weight is 363 g/mol. The number of benzene rings is 1. The number of fused-ring (bicyclic) bond motifs is 1. The topological polar surface area (TPSA) is 46.8 Å². The van der Waals surface area contributed by atoms with Crippen LogP contribution in [0.3, 0.4) is 0 Å². The molecule has 0 bridgehead atoms. The standard InChI is InChI=1S/C22H25N3O2/c26-22(12-11-19-15-24-13-5-4-10-21(24)23-19)25-14-6-9-20(16-25)27-17-18-7-2-1-3-8-18/h1-5,7-8,10,13,15,20H,6,9,11-12,14,16-17H2. The molecular weight excluding hydrogens is 338 g/mol. The fraction of sp³-hybridized carbons (Fsp3) is 0.364. The van der Waals surface area contributed by atoms with Gasteiger partial charge in [-0.25, -0.2) is 4.98 Å². The number of nitrogens with zero attached hydrogens (tertiary/aromatic N) is 3. The smallest absolute Gasteiger partial charge is 0.223 e. The van der Waals surface area contributed by atoms with E-state index in [1.165, 1.54) is 5.56 Å². The molecule has 140 valence electrons. The third-order valence-corrected chi connectivity index (χ3v) is 5.07. The zero-order valence-electron chi connectivity index (χ0n) is 15.5. The molecule has 1 aromatic carbocycles. The maximum Gasteiger partial charge on any atom is 0.223 e. The second-order valence-electron chi connectivity index (χ2n) is 7.10. The number of ether oxygens (including phenoxy) is 1. The summed E-state index contributed by atoms with van der Waals surface area (Å²) in [5.74, 6) is 0.195. The van der Waals surface area contributed by atoms with Crippen molar-refractivity contribution in [2.45, 2.75) is 38.4 Å². The van der Waals surface area contributed by atoms with Crippen LogP contribution in [0.15, 0.2) is 60.9 Å². The fourth-order valence-corrected chi connectivity index (χ4v) is 3.59. The van der Waals surface area contributed by atoms with Gasteiger partial charge in [0.25, 0.3) is 0 Å². The predicted octanol–water partition coefficient (Wildman–Crippen LogP) is 3.47. The Morgan fingerprint density at radius 3 is 2.85 bits per heavy atom. The largest absolute Gasteiger partial charge is 0.372 e. The third kappa shape index (κ3) is 4.55. The predicted molar refractivity (Wildman–Crippen MR) is 104 cm³/mol. The highest BCUT2D eigenvalue weighted by Crippen LogP contribution is 2.17. The first-order valence-corrected chi connectivity index (χ1v) is 9.64. The minimum absolute atomic E-state index is 0.123. The fourth-order valence-electron chi connectivity index (χ4n) is 3.59. The summed E-state index contributed by atoms with van der Waals surface area (Å²) in [5.41, 5.74) is 3.06. The number of aromatic nitrogens is 2. The summed E-state index contributed by atoms with van der Waals surface area (Å²) >= 11 is 0. The maximum absolute atomic E-state index is 12.6. The number of hydrogen-bond acceptors (Lipinski definition) is 3. The van der Waals surface area contributed by atoms with Gasteiger partial charge in [-0.3, -0.25) is 4.79 Å². The average Bonchev–Trinajstić information content (AvgIpc) is 3.14. The first-order valence-electron chi connectivity index (χ1n) is 9.64. The molecule has 1 unspecified atom stereocenters. The van der Waals surface area contributed by atoms with Crippen molar-refractivity contribution in [3.63, 3.8) is 0 Å². The Bertz CT molecular complexity index is 858. The van der Waals surface area contributed by atoms with E-state index < -0.39 is 0 Å². The van der Waals surface area contributed by atoms with Gasteiger partial charge in [-0.2, -0.15) is 0 Å². The molecule has 5 nitrogen and oxygen atoms in total. The van der Waals surface area contributed by atoms with Crippen molar-refractivity contribution in [3.05, 3.63) is 72.2 Å². The highest BCUT2D eigenvalue weighted by Gasteiger charge is 2.24. The van der Waals surface area contributed by atoms with Gasteiger partial charge >= 0.3 is 0 Å². The number of likely N-dealkylation sites (tertiary alicyclic amines) is 1. The molecule has 27 heavy (non-hydrogen) atoms. The van der Waals surface area contributed by atoms with Crippen LogP contribution < -0.4 is 0 Å². The van der Waals surface area contributed by atoms with Gasteiger partial charge in [0.1, 0.15) is 5.65 Å². The van der Waals surface area contributed by atoms with Gasteiger partial charge in [-0.05, 0) is 37.0 Å². The van der Waals surface area contributed by atoms with E-state index >= 15 is 0 Å². The van der Waals surface area contributed by atoms with Gasteiger partial charge in [0.05, 0.1) is 18.4 Å². The Morgan fingerprint density at radius 2 is 2.00 bits per heavy atom. The van der Waals surface area contributed by atoms with E-state index in [1.807, 2.05) is 58.1 Å². The lowest BCUT2D eigenvalue weighted by atomic mass is 10.1. The number of rotatable bonds is 6. The molecule has 4 rings (SSSR count). The number of carbonyl (C=O) groups excluding carboxylic acids is 1. The monoisotopic (exact) mass is 363 g/mol. The summed E-state index contributed by atoms with van der Waals surface area (Å²) in [7, 11) is 0. The summed E-state index contributed by atoms with van der Waals surface area (Å²) in [6, 6.07) is 16.1. The molecule has 1 amide bonds. The second-order valence-corrected chi connectivity index (χ2v) is 7.10. The minimum atomic E-state index is 0.123. The van der Waals surface area contributed by atoms with Crippen LogP contribution in [0.2, 0.25) is 0 Å². The third-order valence-electron chi connectivity index (χ3n) is 5.07. The van der Waals surface area contributed by atoms with E-state index in [9.17, 15) is 4.79 Å². The Balaban J connectivity index is 1.27. The van der Waals surface area contributed by atoms with E-state index in [0.717, 1.165) is 30.7 Å². The molecular formula is C22H25N3O2. The lowest BCUT2D eigenvalue weighted by Crippen LogP contribution is -2.43. The summed E-state index contributed by atoms with van der Waals surface area (Å²) in [6.07, 6.45) is 7.29. The van der Waals surface area contributed by atoms with Gasteiger partial charge in [0, 0.05) is 31.9 Å². The lowest BCUT2D eigenvalue weighted by Gasteiger charge is -2.32. The first kappa shape index (κ1) is 17.7. The van der Waals surface area contributed by atoms with Gasteiger partial charge in [0.15, 0.2) is 0 Å². The molecule has 0 spiro atoms. The molecule has 3 aromatic rings. The summed E-state index contributed by atoms with van der Waals surface area (Å²) in [5, 5.41) is 0. The van der Waals surface area contributed by atoms with E-state index in [-0.39, 0.29) is 12.0 Å². The van der Waals surface area contributed by atoms with Crippen molar-refractivity contribution in [2.24, 2.45) is 0 Å². The Labute approximate surface area is 159 Å². The lowest BCUT2D eigenvalue weighted by molar-refractivity contribution is -0.135. The van der Waals surface area contributed by atoms with Crippen molar-refractivity contribution in [1.82, 2.24) is 14.3 Å². The van der Waals surface area contributed by atoms with Crippen molar-refractivity contribution in [2.75, 3.05) is 13.1 Å². The maximum atomic E-state index is 12.6. The summed E-state index contributed by atoms with van der Waals surface area (Å²) in [6.45, 7) is 2.13. The van der Waals surface area contributed by atoms with Gasteiger partial charge < -0.3 is 14.0 Å². The number of carbonyl (C=O) groups is 1. The van der Waals surface area contributed by atoms with Crippen molar-refractivity contribution < 1.29 is 9.53 Å². The van der Waals surface area contributed by atoms with Crippen LogP contribution in [0.1, 0.15) is 30.5 Å². The highest BCUT2D eigenvalue weighted by molar-refractivity contribution is 5.76. The Morgan fingerprint density at radius 1 is 1.15 bits per heavy atom. The van der Waals surface area contributed by atoms with E-state index in [0.29, 0.717) is 26.0 Å². The zero-order chi connectivity index (χ0) is 18.5. The molecule has 0 aliphatic carbocycles. The first-order chi connectivity index (χ1) is 13.3. The van der Waals surface area contributed by atoms with Crippen LogP contribution in [0.4, 0.5) is 0 Å². The number of aryl methyl sites for hydroxylation is 1. The molecule has 1 saturated heterocycles. The van der Waals surface area contributed by atoms with Crippen LogP contribution >= 0.6 is 0 Å². The van der Waals surface area contributed by atoms with E-state index in [1.54, 1.807) is 0 Å². The van der Waals surface area contributed by atoms with Crippen molar-refractivity contribution in [3.8, 4) is 0 Å². The van der Waals surface area contributed by atoms with E-state index in [2.05, 4.69) is 17.1 Å². The van der Waals surface area contributed by atoms with Crippen LogP contribution in [0, 0.1) is 0 Å². The zero-order valence-corrected chi connectivity index (χ0v) is 15.5. The number of pyridine rings is 1. The van der Waals surface area contributed by atoms with Gasteiger partial charge in [0.2, 0.25) is 5.91 Å². The molecule has 0 radical (unpaired) electrons. The molecule has 1 atom stereocenters. The van der Waals surface area contributed by atoms with Crippen LogP contribution in [-0.4, -0.2) is 39.4 Å². The number of amides is 1. The molecule has 1 aliphatic heterocycles. The Hall–Kier alpha value is -2.66. The number of imidazole rings is 1. The SMILES string of the molecule is O=C(CCc1cn2ccccc2n1)N1CCCC(OCc2ccccc2)C1. The quantitative estimate of drug-likeness (QED) is 0.674.